The molecule has 1 aromatic heterocycles. The van der Waals surface area contributed by atoms with Crippen LogP contribution in [-0.2, 0) is 13.0 Å². The molecule has 0 radical (unpaired) electrons. The Morgan fingerprint density at radius 2 is 2.23 bits per heavy atom. The summed E-state index contributed by atoms with van der Waals surface area (Å²) in [4.78, 5) is 0. The van der Waals surface area contributed by atoms with Gasteiger partial charge in [0.2, 0.25) is 0 Å². The van der Waals surface area contributed by atoms with Gasteiger partial charge >= 0.3 is 0 Å². The van der Waals surface area contributed by atoms with Gasteiger partial charge in [0.15, 0.2) is 0 Å². The van der Waals surface area contributed by atoms with E-state index in [9.17, 15) is 0 Å². The number of nitrogen functional groups attached to an aromatic ring is 1. The normalized spacial score (nSPS) is 15.1. The summed E-state index contributed by atoms with van der Waals surface area (Å²) in [7, 11) is 0. The van der Waals surface area contributed by atoms with E-state index in [1.165, 1.54) is 29.4 Å². The molecule has 0 saturated heterocycles. The number of anilines is 1. The maximum Gasteiger partial charge on any atom is 0.0503 e. The second-order valence-corrected chi connectivity index (χ2v) is 3.67. The summed E-state index contributed by atoms with van der Waals surface area (Å²) in [6, 6.07) is 8.39. The molecule has 0 aliphatic carbocycles. The molecule has 2 aromatic rings. The van der Waals surface area contributed by atoms with Crippen LogP contribution in [0, 0.1) is 0 Å². The average Bonchev–Trinajstić information content (AvgIpc) is 2.65. The van der Waals surface area contributed by atoms with E-state index in [-0.39, 0.29) is 0 Å². The maximum atomic E-state index is 5.90. The highest BCUT2D eigenvalue weighted by Gasteiger charge is 2.14. The fourth-order valence-corrected chi connectivity index (χ4v) is 2.25. The first-order chi connectivity index (χ1) is 6.36. The predicted octanol–water partition coefficient (Wildman–Crippen LogP) is 2.17. The Morgan fingerprint density at radius 3 is 3.15 bits per heavy atom. The van der Waals surface area contributed by atoms with Crippen LogP contribution in [0.25, 0.3) is 10.9 Å². The van der Waals surface area contributed by atoms with E-state index in [2.05, 4.69) is 16.7 Å². The first-order valence-corrected chi connectivity index (χ1v) is 4.73. The van der Waals surface area contributed by atoms with Crippen LogP contribution in [0.5, 0.6) is 0 Å². The molecule has 2 N–H and O–H groups in total. The Balaban J connectivity index is 2.44. The summed E-state index contributed by atoms with van der Waals surface area (Å²) in [6.45, 7) is 1.16. The molecular weight excluding hydrogens is 160 g/mol. The summed E-state index contributed by atoms with van der Waals surface area (Å²) in [5.74, 6) is 0. The van der Waals surface area contributed by atoms with Gasteiger partial charge in [-0.2, -0.15) is 0 Å². The third-order valence-electron chi connectivity index (χ3n) is 2.88. The van der Waals surface area contributed by atoms with Crippen molar-refractivity contribution in [2.24, 2.45) is 0 Å². The van der Waals surface area contributed by atoms with Gasteiger partial charge in [0.25, 0.3) is 0 Å². The molecule has 13 heavy (non-hydrogen) atoms. The fraction of sp³-hybridized carbons (Fsp3) is 0.273. The van der Waals surface area contributed by atoms with Crippen molar-refractivity contribution in [1.82, 2.24) is 4.57 Å². The molecule has 0 amide bonds. The second-order valence-electron chi connectivity index (χ2n) is 3.67. The van der Waals surface area contributed by atoms with Gasteiger partial charge in [-0.05, 0) is 31.0 Å². The summed E-state index contributed by atoms with van der Waals surface area (Å²) < 4.78 is 2.38. The molecule has 0 unspecified atom stereocenters. The second kappa shape index (κ2) is 2.28. The van der Waals surface area contributed by atoms with Gasteiger partial charge in [0.1, 0.15) is 0 Å². The van der Waals surface area contributed by atoms with Crippen LogP contribution in [0.15, 0.2) is 24.3 Å². The molecule has 2 nitrogen and oxygen atoms in total. The Morgan fingerprint density at radius 1 is 1.31 bits per heavy atom. The number of nitrogens with two attached hydrogens (primary N) is 1. The molecule has 1 aliphatic rings. The maximum absolute atomic E-state index is 5.90. The van der Waals surface area contributed by atoms with Gasteiger partial charge in [-0.25, -0.2) is 0 Å². The number of rotatable bonds is 0. The zero-order chi connectivity index (χ0) is 8.84. The summed E-state index contributed by atoms with van der Waals surface area (Å²) in [5.41, 5.74) is 9.54. The number of hydrogen-bond acceptors (Lipinski definition) is 1. The lowest BCUT2D eigenvalue weighted by Crippen LogP contribution is -1.91. The molecule has 2 heteroatoms. The molecule has 1 aromatic carbocycles. The van der Waals surface area contributed by atoms with E-state index in [1.807, 2.05) is 12.1 Å². The minimum Gasteiger partial charge on any atom is -0.398 e. The number of benzene rings is 1. The predicted molar refractivity (Wildman–Crippen MR) is 54.7 cm³/mol. The first-order valence-electron chi connectivity index (χ1n) is 4.73. The van der Waals surface area contributed by atoms with Crippen LogP contribution in [0.4, 0.5) is 5.69 Å². The van der Waals surface area contributed by atoms with Crippen LogP contribution < -0.4 is 5.73 Å². The lowest BCUT2D eigenvalue weighted by atomic mass is 10.2. The first kappa shape index (κ1) is 7.01. The molecule has 0 saturated carbocycles. The van der Waals surface area contributed by atoms with Crippen LogP contribution in [0.1, 0.15) is 12.1 Å². The van der Waals surface area contributed by atoms with Crippen LogP contribution >= 0.6 is 0 Å². The SMILES string of the molecule is Nc1cccc2c1cc1n2CCC1. The summed E-state index contributed by atoms with van der Waals surface area (Å²) in [6.07, 6.45) is 2.48. The van der Waals surface area contributed by atoms with Crippen molar-refractivity contribution in [3.63, 3.8) is 0 Å². The van der Waals surface area contributed by atoms with Gasteiger partial charge < -0.3 is 10.3 Å². The third kappa shape index (κ3) is 0.829. The van der Waals surface area contributed by atoms with Crippen LogP contribution in [0.3, 0.4) is 0 Å². The minimum absolute atomic E-state index is 0.902. The molecule has 66 valence electrons. The van der Waals surface area contributed by atoms with Gasteiger partial charge in [0.05, 0.1) is 5.52 Å². The number of hydrogen-bond donors (Lipinski definition) is 1. The molecule has 0 atom stereocenters. The van der Waals surface area contributed by atoms with Crippen molar-refractivity contribution in [1.29, 1.82) is 0 Å². The smallest absolute Gasteiger partial charge is 0.0503 e. The van der Waals surface area contributed by atoms with Gasteiger partial charge in [-0.15, -0.1) is 0 Å². The number of fused-ring (bicyclic) bond motifs is 3. The topological polar surface area (TPSA) is 30.9 Å². The van der Waals surface area contributed by atoms with Gasteiger partial charge in [-0.1, -0.05) is 6.07 Å². The monoisotopic (exact) mass is 172 g/mol. The highest BCUT2D eigenvalue weighted by Crippen LogP contribution is 2.29. The van der Waals surface area contributed by atoms with Crippen molar-refractivity contribution in [2.75, 3.05) is 5.73 Å². The van der Waals surface area contributed by atoms with Crippen molar-refractivity contribution >= 4 is 16.6 Å². The highest BCUT2D eigenvalue weighted by molar-refractivity contribution is 5.92. The van der Waals surface area contributed by atoms with Crippen LogP contribution in [0.2, 0.25) is 0 Å². The zero-order valence-electron chi connectivity index (χ0n) is 7.46. The van der Waals surface area contributed by atoms with E-state index in [4.69, 9.17) is 5.73 Å². The molecule has 0 bridgehead atoms. The lowest BCUT2D eigenvalue weighted by Gasteiger charge is -2.00. The number of aryl methyl sites for hydroxylation is 2. The van der Waals surface area contributed by atoms with Crippen molar-refractivity contribution in [2.45, 2.75) is 19.4 Å². The van der Waals surface area contributed by atoms with E-state index in [1.54, 1.807) is 0 Å². The van der Waals surface area contributed by atoms with Gasteiger partial charge in [-0.3, -0.25) is 0 Å². The fourth-order valence-electron chi connectivity index (χ4n) is 2.25. The standard InChI is InChI=1S/C11H12N2/c12-10-4-1-5-11-9(10)7-8-3-2-6-13(8)11/h1,4-5,7H,2-3,6,12H2. The lowest BCUT2D eigenvalue weighted by molar-refractivity contribution is 0.772. The molecule has 0 spiro atoms. The summed E-state index contributed by atoms with van der Waals surface area (Å²) >= 11 is 0. The van der Waals surface area contributed by atoms with Crippen LogP contribution in [-0.4, -0.2) is 4.57 Å². The van der Waals surface area contributed by atoms with Crippen molar-refractivity contribution < 1.29 is 0 Å². The third-order valence-corrected chi connectivity index (χ3v) is 2.88. The van der Waals surface area contributed by atoms with Crippen molar-refractivity contribution in [3.05, 3.63) is 30.0 Å². The zero-order valence-corrected chi connectivity index (χ0v) is 7.46. The highest BCUT2D eigenvalue weighted by atomic mass is 15.0. The summed E-state index contributed by atoms with van der Waals surface area (Å²) in [5, 5.41) is 1.22. The molecular formula is C11H12N2. The molecule has 3 rings (SSSR count). The van der Waals surface area contributed by atoms with E-state index in [0.29, 0.717) is 0 Å². The quantitative estimate of drug-likeness (QED) is 0.606. The van der Waals surface area contributed by atoms with Crippen molar-refractivity contribution in [3.8, 4) is 0 Å². The Kier molecular flexibility index (Phi) is 1.23. The molecule has 1 aliphatic heterocycles. The number of nitrogens with zero attached hydrogens (tertiary/aromatic N) is 1. The van der Waals surface area contributed by atoms with E-state index >= 15 is 0 Å². The van der Waals surface area contributed by atoms with E-state index < -0.39 is 0 Å². The Hall–Kier alpha value is -1.44. The van der Waals surface area contributed by atoms with E-state index in [0.717, 1.165) is 12.2 Å². The Bertz CT molecular complexity index is 468. The number of aromatic nitrogens is 1. The largest absolute Gasteiger partial charge is 0.398 e. The molecule has 2 heterocycles. The minimum atomic E-state index is 0.902. The average molecular weight is 172 g/mol. The van der Waals surface area contributed by atoms with Gasteiger partial charge in [0, 0.05) is 23.3 Å². The molecule has 0 fully saturated rings. The Labute approximate surface area is 77.0 Å².